The van der Waals surface area contributed by atoms with E-state index in [0.29, 0.717) is 5.69 Å². The molecule has 0 saturated carbocycles. The average Bonchev–Trinajstić information content (AvgIpc) is 2.30. The van der Waals surface area contributed by atoms with Crippen molar-refractivity contribution in [3.63, 3.8) is 0 Å². The van der Waals surface area contributed by atoms with Gasteiger partial charge in [-0.3, -0.25) is 0 Å². The summed E-state index contributed by atoms with van der Waals surface area (Å²) in [5.74, 6) is 1.63. The summed E-state index contributed by atoms with van der Waals surface area (Å²) in [4.78, 5) is 1.12. The van der Waals surface area contributed by atoms with Gasteiger partial charge in [-0.25, -0.2) is 0 Å². The number of hydrogen-bond donors (Lipinski definition) is 1. The molecule has 0 bridgehead atoms. The molecule has 2 N–H and O–H groups in total. The zero-order valence-corrected chi connectivity index (χ0v) is 9.83. The molecule has 0 unspecified atom stereocenters. The molecule has 0 aromatic heterocycles. The first-order valence-electron chi connectivity index (χ1n) is 4.96. The monoisotopic (exact) mass is 231 g/mol. The Morgan fingerprint density at radius 1 is 1.06 bits per heavy atom. The fourth-order valence-corrected chi connectivity index (χ4v) is 1.93. The number of thioether (sulfide) groups is 1. The van der Waals surface area contributed by atoms with Crippen molar-refractivity contribution < 1.29 is 4.74 Å². The Hall–Kier alpha value is -1.61. The van der Waals surface area contributed by atoms with Crippen LogP contribution in [0.5, 0.6) is 11.5 Å². The average molecular weight is 231 g/mol. The van der Waals surface area contributed by atoms with E-state index in [1.807, 2.05) is 54.8 Å². The van der Waals surface area contributed by atoms with Gasteiger partial charge in [0, 0.05) is 16.6 Å². The van der Waals surface area contributed by atoms with Crippen LogP contribution in [0.4, 0.5) is 5.69 Å². The molecular formula is C13H13NOS. The zero-order chi connectivity index (χ0) is 11.4. The molecule has 2 aromatic rings. The summed E-state index contributed by atoms with van der Waals surface area (Å²) >= 11 is 1.66. The van der Waals surface area contributed by atoms with E-state index in [0.717, 1.165) is 16.4 Å². The molecular weight excluding hydrogens is 218 g/mol. The Kier molecular flexibility index (Phi) is 3.37. The minimum atomic E-state index is 0.708. The molecule has 0 saturated heterocycles. The molecule has 3 heteroatoms. The molecule has 0 fully saturated rings. The minimum absolute atomic E-state index is 0.708. The highest BCUT2D eigenvalue weighted by atomic mass is 32.2. The fourth-order valence-electron chi connectivity index (χ4n) is 1.41. The summed E-state index contributed by atoms with van der Waals surface area (Å²) < 4.78 is 5.78. The van der Waals surface area contributed by atoms with Crippen LogP contribution >= 0.6 is 11.8 Å². The van der Waals surface area contributed by atoms with Crippen LogP contribution in [0.3, 0.4) is 0 Å². The molecule has 0 aliphatic heterocycles. The van der Waals surface area contributed by atoms with Crippen molar-refractivity contribution in [2.45, 2.75) is 4.90 Å². The third-order valence-electron chi connectivity index (χ3n) is 2.15. The minimum Gasteiger partial charge on any atom is -0.456 e. The van der Waals surface area contributed by atoms with E-state index in [1.165, 1.54) is 0 Å². The van der Waals surface area contributed by atoms with Gasteiger partial charge in [-0.15, -0.1) is 11.8 Å². The van der Waals surface area contributed by atoms with E-state index in [-0.39, 0.29) is 0 Å². The highest BCUT2D eigenvalue weighted by Crippen LogP contribution is 2.31. The summed E-state index contributed by atoms with van der Waals surface area (Å²) in [5, 5.41) is 0. The van der Waals surface area contributed by atoms with Crippen molar-refractivity contribution in [1.82, 2.24) is 0 Å². The molecule has 0 aliphatic carbocycles. The van der Waals surface area contributed by atoms with E-state index >= 15 is 0 Å². The van der Waals surface area contributed by atoms with Crippen LogP contribution in [0.2, 0.25) is 0 Å². The largest absolute Gasteiger partial charge is 0.456 e. The Labute approximate surface area is 99.4 Å². The van der Waals surface area contributed by atoms with Crippen molar-refractivity contribution in [2.75, 3.05) is 12.0 Å². The summed E-state index contributed by atoms with van der Waals surface area (Å²) in [7, 11) is 0. The molecule has 82 valence electrons. The third-order valence-corrected chi connectivity index (χ3v) is 2.93. The first-order valence-corrected chi connectivity index (χ1v) is 6.18. The number of nitrogens with two attached hydrogens (primary N) is 1. The van der Waals surface area contributed by atoms with Crippen molar-refractivity contribution in [3.8, 4) is 11.5 Å². The summed E-state index contributed by atoms with van der Waals surface area (Å²) in [6, 6.07) is 15.4. The Morgan fingerprint density at radius 3 is 2.62 bits per heavy atom. The predicted molar refractivity (Wildman–Crippen MR) is 69.2 cm³/mol. The first-order chi connectivity index (χ1) is 7.79. The molecule has 2 rings (SSSR count). The summed E-state index contributed by atoms with van der Waals surface area (Å²) in [5.41, 5.74) is 6.41. The fraction of sp³-hybridized carbons (Fsp3) is 0.0769. The molecule has 0 radical (unpaired) electrons. The van der Waals surface area contributed by atoms with Gasteiger partial charge in [0.1, 0.15) is 11.5 Å². The molecule has 0 amide bonds. The third kappa shape index (κ3) is 2.49. The number of ether oxygens (including phenoxy) is 1. The van der Waals surface area contributed by atoms with Gasteiger partial charge in [-0.2, -0.15) is 0 Å². The second-order valence-electron chi connectivity index (χ2n) is 3.33. The maximum absolute atomic E-state index is 5.78. The number of hydrogen-bond acceptors (Lipinski definition) is 3. The van der Waals surface area contributed by atoms with Gasteiger partial charge in [0.15, 0.2) is 0 Å². The maximum Gasteiger partial charge on any atom is 0.140 e. The van der Waals surface area contributed by atoms with Crippen LogP contribution in [0.1, 0.15) is 0 Å². The second-order valence-corrected chi connectivity index (χ2v) is 4.17. The van der Waals surface area contributed by atoms with Gasteiger partial charge in [-0.05, 0) is 30.5 Å². The van der Waals surface area contributed by atoms with E-state index in [1.54, 1.807) is 11.8 Å². The Morgan fingerprint density at radius 2 is 1.88 bits per heavy atom. The molecule has 16 heavy (non-hydrogen) atoms. The van der Waals surface area contributed by atoms with Gasteiger partial charge in [0.05, 0.1) is 0 Å². The predicted octanol–water partition coefficient (Wildman–Crippen LogP) is 3.78. The lowest BCUT2D eigenvalue weighted by atomic mass is 10.3. The van der Waals surface area contributed by atoms with Crippen LogP contribution in [0.25, 0.3) is 0 Å². The van der Waals surface area contributed by atoms with E-state index in [2.05, 4.69) is 0 Å². The molecule has 2 nitrogen and oxygen atoms in total. The lowest BCUT2D eigenvalue weighted by Crippen LogP contribution is -1.88. The number of benzene rings is 2. The first kappa shape index (κ1) is 10.9. The van der Waals surface area contributed by atoms with E-state index in [9.17, 15) is 0 Å². The molecule has 2 aromatic carbocycles. The van der Waals surface area contributed by atoms with Crippen molar-refractivity contribution >= 4 is 17.4 Å². The normalized spacial score (nSPS) is 10.1. The zero-order valence-electron chi connectivity index (χ0n) is 9.01. The Bertz CT molecular complexity index is 485. The van der Waals surface area contributed by atoms with Gasteiger partial charge in [0.25, 0.3) is 0 Å². The molecule has 0 aliphatic rings. The van der Waals surface area contributed by atoms with E-state index in [4.69, 9.17) is 10.5 Å². The SMILES string of the molecule is CSc1ccccc1Oc1cccc(N)c1. The van der Waals surface area contributed by atoms with Crippen LogP contribution in [0.15, 0.2) is 53.4 Å². The smallest absolute Gasteiger partial charge is 0.140 e. The van der Waals surface area contributed by atoms with Gasteiger partial charge in [0.2, 0.25) is 0 Å². The van der Waals surface area contributed by atoms with Crippen molar-refractivity contribution in [3.05, 3.63) is 48.5 Å². The van der Waals surface area contributed by atoms with Crippen LogP contribution in [-0.2, 0) is 0 Å². The lowest BCUT2D eigenvalue weighted by Gasteiger charge is -2.09. The highest BCUT2D eigenvalue weighted by molar-refractivity contribution is 7.98. The van der Waals surface area contributed by atoms with Gasteiger partial charge < -0.3 is 10.5 Å². The number of para-hydroxylation sites is 1. The Balaban J connectivity index is 2.26. The van der Waals surface area contributed by atoms with Crippen LogP contribution in [0, 0.1) is 0 Å². The standard InChI is InChI=1S/C13H13NOS/c1-16-13-8-3-2-7-12(13)15-11-6-4-5-10(14)9-11/h2-9H,14H2,1H3. The van der Waals surface area contributed by atoms with E-state index < -0.39 is 0 Å². The van der Waals surface area contributed by atoms with Crippen LogP contribution in [-0.4, -0.2) is 6.26 Å². The number of nitrogen functional groups attached to an aromatic ring is 1. The second kappa shape index (κ2) is 4.94. The van der Waals surface area contributed by atoms with Crippen LogP contribution < -0.4 is 10.5 Å². The summed E-state index contributed by atoms with van der Waals surface area (Å²) in [6.07, 6.45) is 2.03. The van der Waals surface area contributed by atoms with Gasteiger partial charge in [-0.1, -0.05) is 18.2 Å². The summed E-state index contributed by atoms with van der Waals surface area (Å²) in [6.45, 7) is 0. The number of anilines is 1. The topological polar surface area (TPSA) is 35.2 Å². The number of rotatable bonds is 3. The molecule has 0 spiro atoms. The molecule has 0 atom stereocenters. The molecule has 0 heterocycles. The maximum atomic E-state index is 5.78. The van der Waals surface area contributed by atoms with Gasteiger partial charge >= 0.3 is 0 Å². The quantitative estimate of drug-likeness (QED) is 0.645. The highest BCUT2D eigenvalue weighted by Gasteiger charge is 2.02. The lowest BCUT2D eigenvalue weighted by molar-refractivity contribution is 0.471. The van der Waals surface area contributed by atoms with Crippen molar-refractivity contribution in [2.24, 2.45) is 0 Å². The van der Waals surface area contributed by atoms with Crippen molar-refractivity contribution in [1.29, 1.82) is 0 Å².